The Kier molecular flexibility index (Phi) is 4.95. The van der Waals surface area contributed by atoms with E-state index < -0.39 is 5.97 Å². The van der Waals surface area contributed by atoms with Gasteiger partial charge in [0.1, 0.15) is 11.4 Å². The van der Waals surface area contributed by atoms with Crippen molar-refractivity contribution in [1.29, 1.82) is 0 Å². The number of aromatic nitrogens is 2. The summed E-state index contributed by atoms with van der Waals surface area (Å²) < 4.78 is 6.27. The van der Waals surface area contributed by atoms with Crippen molar-refractivity contribution in [3.8, 4) is 0 Å². The van der Waals surface area contributed by atoms with Gasteiger partial charge in [0.2, 0.25) is 5.91 Å². The summed E-state index contributed by atoms with van der Waals surface area (Å²) in [5.41, 5.74) is 1.88. The molecule has 1 amide bonds. The molecule has 0 unspecified atom stereocenters. The number of aryl methyl sites for hydroxylation is 2. The first-order valence-electron chi connectivity index (χ1n) is 9.13. The van der Waals surface area contributed by atoms with Crippen LogP contribution < -0.4 is 10.9 Å². The SMILES string of the molecule is CCOC(=O)c1ccc(NC(=O)Cn2cnc3sc4c(c3c2=O)CCC4)cc1. The number of ether oxygens (including phenoxy) is 1. The van der Waals surface area contributed by atoms with Crippen LogP contribution in [0.4, 0.5) is 5.69 Å². The maximum Gasteiger partial charge on any atom is 0.338 e. The molecule has 0 fully saturated rings. The Labute approximate surface area is 165 Å². The fourth-order valence-corrected chi connectivity index (χ4v) is 4.61. The Hall–Kier alpha value is -3.00. The van der Waals surface area contributed by atoms with Gasteiger partial charge in [-0.1, -0.05) is 0 Å². The maximum absolute atomic E-state index is 12.8. The predicted octanol–water partition coefficient (Wildman–Crippen LogP) is 2.76. The van der Waals surface area contributed by atoms with Crippen molar-refractivity contribution in [1.82, 2.24) is 9.55 Å². The van der Waals surface area contributed by atoms with E-state index in [1.807, 2.05) is 0 Å². The number of nitrogens with one attached hydrogen (secondary N) is 1. The standard InChI is InChI=1S/C20H19N3O4S/c1-2-27-20(26)12-6-8-13(9-7-12)22-16(24)10-23-11-21-18-17(19(23)25)14-4-3-5-15(14)28-18/h6-9,11H,2-5,10H2,1H3,(H,22,24). The van der Waals surface area contributed by atoms with Gasteiger partial charge >= 0.3 is 5.97 Å². The third-order valence-corrected chi connectivity index (χ3v) is 5.89. The third kappa shape index (κ3) is 3.43. The normalized spacial score (nSPS) is 12.8. The summed E-state index contributed by atoms with van der Waals surface area (Å²) in [6, 6.07) is 6.42. The number of benzene rings is 1. The van der Waals surface area contributed by atoms with Gasteiger partial charge in [0.25, 0.3) is 5.56 Å². The molecule has 0 saturated heterocycles. The number of hydrogen-bond donors (Lipinski definition) is 1. The van der Waals surface area contributed by atoms with Crippen molar-refractivity contribution < 1.29 is 14.3 Å². The van der Waals surface area contributed by atoms with Crippen LogP contribution in [0.15, 0.2) is 35.4 Å². The van der Waals surface area contributed by atoms with Gasteiger partial charge in [-0.05, 0) is 56.0 Å². The molecule has 0 bridgehead atoms. The lowest BCUT2D eigenvalue weighted by atomic mass is 10.2. The van der Waals surface area contributed by atoms with E-state index in [0.717, 1.165) is 29.7 Å². The minimum atomic E-state index is -0.408. The Morgan fingerprint density at radius 2 is 2.04 bits per heavy atom. The summed E-state index contributed by atoms with van der Waals surface area (Å²) >= 11 is 1.58. The molecule has 0 aliphatic heterocycles. The van der Waals surface area contributed by atoms with Crippen molar-refractivity contribution in [3.63, 3.8) is 0 Å². The van der Waals surface area contributed by atoms with E-state index in [9.17, 15) is 14.4 Å². The van der Waals surface area contributed by atoms with E-state index in [2.05, 4.69) is 10.3 Å². The molecule has 0 radical (unpaired) electrons. The molecule has 0 atom stereocenters. The van der Waals surface area contributed by atoms with Gasteiger partial charge in [-0.2, -0.15) is 0 Å². The van der Waals surface area contributed by atoms with Crippen LogP contribution in [0.3, 0.4) is 0 Å². The van der Waals surface area contributed by atoms with Crippen molar-refractivity contribution in [2.45, 2.75) is 32.7 Å². The van der Waals surface area contributed by atoms with Crippen molar-refractivity contribution in [3.05, 3.63) is 57.0 Å². The number of amides is 1. The Morgan fingerprint density at radius 1 is 1.25 bits per heavy atom. The fourth-order valence-electron chi connectivity index (χ4n) is 3.39. The molecule has 3 aromatic rings. The molecule has 1 aliphatic carbocycles. The summed E-state index contributed by atoms with van der Waals surface area (Å²) in [7, 11) is 0. The minimum Gasteiger partial charge on any atom is -0.462 e. The highest BCUT2D eigenvalue weighted by Gasteiger charge is 2.21. The maximum atomic E-state index is 12.8. The van der Waals surface area contributed by atoms with Gasteiger partial charge in [-0.15, -0.1) is 11.3 Å². The first-order chi connectivity index (χ1) is 13.6. The quantitative estimate of drug-likeness (QED) is 0.669. The van der Waals surface area contributed by atoms with E-state index in [1.165, 1.54) is 15.8 Å². The molecule has 8 heteroatoms. The fraction of sp³-hybridized carbons (Fsp3) is 0.300. The highest BCUT2D eigenvalue weighted by molar-refractivity contribution is 7.18. The van der Waals surface area contributed by atoms with Crippen LogP contribution in [0.5, 0.6) is 0 Å². The Bertz CT molecular complexity index is 1110. The molecule has 28 heavy (non-hydrogen) atoms. The summed E-state index contributed by atoms with van der Waals surface area (Å²) in [6.45, 7) is 1.93. The second kappa shape index (κ2) is 7.55. The molecular formula is C20H19N3O4S. The van der Waals surface area contributed by atoms with E-state index in [-0.39, 0.29) is 18.0 Å². The second-order valence-corrected chi connectivity index (χ2v) is 7.64. The summed E-state index contributed by atoms with van der Waals surface area (Å²) in [4.78, 5) is 43.2. The highest BCUT2D eigenvalue weighted by atomic mass is 32.1. The van der Waals surface area contributed by atoms with Gasteiger partial charge in [0.05, 0.1) is 23.9 Å². The molecule has 7 nitrogen and oxygen atoms in total. The van der Waals surface area contributed by atoms with E-state index in [1.54, 1.807) is 42.5 Å². The van der Waals surface area contributed by atoms with Crippen LogP contribution in [0.25, 0.3) is 10.2 Å². The number of rotatable bonds is 5. The number of thiophene rings is 1. The van der Waals surface area contributed by atoms with Crippen LogP contribution >= 0.6 is 11.3 Å². The number of anilines is 1. The number of nitrogens with zero attached hydrogens (tertiary/aromatic N) is 2. The lowest BCUT2D eigenvalue weighted by Gasteiger charge is -2.08. The predicted molar refractivity (Wildman–Crippen MR) is 107 cm³/mol. The van der Waals surface area contributed by atoms with Crippen LogP contribution in [-0.2, 0) is 28.9 Å². The second-order valence-electron chi connectivity index (χ2n) is 6.56. The molecule has 1 N–H and O–H groups in total. The zero-order valence-corrected chi connectivity index (χ0v) is 16.2. The molecule has 4 rings (SSSR count). The van der Waals surface area contributed by atoms with E-state index >= 15 is 0 Å². The van der Waals surface area contributed by atoms with E-state index in [4.69, 9.17) is 4.74 Å². The first-order valence-corrected chi connectivity index (χ1v) is 9.95. The van der Waals surface area contributed by atoms with Crippen molar-refractivity contribution in [2.24, 2.45) is 0 Å². The lowest BCUT2D eigenvalue weighted by molar-refractivity contribution is -0.116. The van der Waals surface area contributed by atoms with Crippen molar-refractivity contribution in [2.75, 3.05) is 11.9 Å². The van der Waals surface area contributed by atoms with Gasteiger partial charge < -0.3 is 10.1 Å². The number of carbonyl (C=O) groups is 2. The molecule has 2 aromatic heterocycles. The number of fused-ring (bicyclic) bond motifs is 3. The van der Waals surface area contributed by atoms with Gasteiger partial charge in [0, 0.05) is 10.6 Å². The molecule has 144 valence electrons. The number of carbonyl (C=O) groups excluding carboxylic acids is 2. The number of hydrogen-bond acceptors (Lipinski definition) is 6. The zero-order chi connectivity index (χ0) is 19.7. The molecule has 1 aromatic carbocycles. The van der Waals surface area contributed by atoms with Crippen LogP contribution in [-0.4, -0.2) is 28.0 Å². The summed E-state index contributed by atoms with van der Waals surface area (Å²) in [6.07, 6.45) is 4.39. The molecule has 1 aliphatic rings. The Morgan fingerprint density at radius 3 is 2.79 bits per heavy atom. The largest absolute Gasteiger partial charge is 0.462 e. The van der Waals surface area contributed by atoms with Crippen LogP contribution in [0.2, 0.25) is 0 Å². The average molecular weight is 397 g/mol. The lowest BCUT2D eigenvalue weighted by Crippen LogP contribution is -2.28. The first kappa shape index (κ1) is 18.4. The van der Waals surface area contributed by atoms with E-state index in [0.29, 0.717) is 23.2 Å². The molecular weight excluding hydrogens is 378 g/mol. The minimum absolute atomic E-state index is 0.119. The smallest absolute Gasteiger partial charge is 0.338 e. The van der Waals surface area contributed by atoms with Gasteiger partial charge in [-0.3, -0.25) is 14.2 Å². The molecule has 0 saturated carbocycles. The topological polar surface area (TPSA) is 90.3 Å². The average Bonchev–Trinajstić information content (AvgIpc) is 3.26. The summed E-state index contributed by atoms with van der Waals surface area (Å²) in [5, 5.41) is 3.39. The molecule has 2 heterocycles. The van der Waals surface area contributed by atoms with Crippen molar-refractivity contribution >= 4 is 39.1 Å². The summed E-state index contributed by atoms with van der Waals surface area (Å²) in [5.74, 6) is -0.742. The zero-order valence-electron chi connectivity index (χ0n) is 15.4. The van der Waals surface area contributed by atoms with Crippen LogP contribution in [0, 0.1) is 0 Å². The Balaban J connectivity index is 1.49. The number of esters is 1. The molecule has 0 spiro atoms. The monoisotopic (exact) mass is 397 g/mol. The third-order valence-electron chi connectivity index (χ3n) is 4.69. The highest BCUT2D eigenvalue weighted by Crippen LogP contribution is 2.34. The van der Waals surface area contributed by atoms with Crippen LogP contribution in [0.1, 0.15) is 34.1 Å². The van der Waals surface area contributed by atoms with Gasteiger partial charge in [0.15, 0.2) is 0 Å². The van der Waals surface area contributed by atoms with Gasteiger partial charge in [-0.25, -0.2) is 9.78 Å².